The Bertz CT molecular complexity index is 1590. The maximum absolute atomic E-state index is 13.8. The smallest absolute Gasteiger partial charge is 0.267 e. The van der Waals surface area contributed by atoms with Crippen LogP contribution in [-0.2, 0) is 17.6 Å². The molecule has 0 saturated carbocycles. The number of nitrogens with zero attached hydrogens (tertiary/aromatic N) is 3. The third kappa shape index (κ3) is 5.48. The quantitative estimate of drug-likeness (QED) is 0.123. The number of aromatic nitrogens is 2. The lowest BCUT2D eigenvalue weighted by Gasteiger charge is -2.13. The molecule has 0 fully saturated rings. The maximum atomic E-state index is 13.8. The summed E-state index contributed by atoms with van der Waals surface area (Å²) in [6.07, 6.45) is 4.11. The van der Waals surface area contributed by atoms with Gasteiger partial charge in [0, 0.05) is 15.5 Å². The number of benzene rings is 2. The Morgan fingerprint density at radius 3 is 2.68 bits per heavy atom. The average molecular weight is 572 g/mol. The normalized spacial score (nSPS) is 13.6. The van der Waals surface area contributed by atoms with Gasteiger partial charge in [0.15, 0.2) is 5.16 Å². The summed E-state index contributed by atoms with van der Waals surface area (Å²) >= 11 is 15.0. The number of carbonyl (C=O) groups is 1. The Morgan fingerprint density at radius 1 is 1.16 bits per heavy atom. The molecular weight excluding hydrogens is 547 g/mol. The molecule has 0 aliphatic heterocycles. The van der Waals surface area contributed by atoms with Gasteiger partial charge in [-0.15, -0.1) is 11.3 Å². The second-order valence-electron chi connectivity index (χ2n) is 8.91. The summed E-state index contributed by atoms with van der Waals surface area (Å²) < 4.78 is 1.63. The molecule has 0 saturated heterocycles. The molecule has 2 aromatic heterocycles. The van der Waals surface area contributed by atoms with Crippen LogP contribution in [-0.4, -0.2) is 26.9 Å². The van der Waals surface area contributed by atoms with Gasteiger partial charge in [-0.25, -0.2) is 10.4 Å². The molecule has 1 aliphatic carbocycles. The van der Waals surface area contributed by atoms with E-state index in [1.807, 2.05) is 31.2 Å². The molecule has 2 heterocycles. The van der Waals surface area contributed by atoms with Gasteiger partial charge in [0.25, 0.3) is 11.5 Å². The van der Waals surface area contributed by atoms with E-state index >= 15 is 0 Å². The van der Waals surface area contributed by atoms with Crippen LogP contribution >= 0.6 is 46.3 Å². The number of carbonyl (C=O) groups excluding carboxylic acids is 1. The van der Waals surface area contributed by atoms with E-state index in [-0.39, 0.29) is 17.2 Å². The molecule has 37 heavy (non-hydrogen) atoms. The Morgan fingerprint density at radius 2 is 1.92 bits per heavy atom. The van der Waals surface area contributed by atoms with E-state index in [2.05, 4.69) is 10.5 Å². The van der Waals surface area contributed by atoms with Crippen LogP contribution in [0.4, 0.5) is 0 Å². The van der Waals surface area contributed by atoms with Crippen molar-refractivity contribution in [2.24, 2.45) is 5.10 Å². The third-order valence-corrected chi connectivity index (χ3v) is 8.92. The minimum absolute atomic E-state index is 0.0417. The van der Waals surface area contributed by atoms with Gasteiger partial charge in [-0.1, -0.05) is 58.7 Å². The molecular formula is C27H24Cl2N4O2S2. The average Bonchev–Trinajstić information content (AvgIpc) is 3.25. The van der Waals surface area contributed by atoms with Crippen LogP contribution in [0.5, 0.6) is 0 Å². The predicted octanol–water partition coefficient (Wildman–Crippen LogP) is 6.57. The van der Waals surface area contributed by atoms with E-state index in [1.165, 1.54) is 16.6 Å². The molecule has 2 aromatic carbocycles. The molecule has 4 aromatic rings. The number of hydrogen-bond acceptors (Lipinski definition) is 6. The number of hydrazone groups is 1. The van der Waals surface area contributed by atoms with Crippen molar-refractivity contribution < 1.29 is 4.79 Å². The third-order valence-electron chi connectivity index (χ3n) is 6.25. The molecule has 1 aliphatic rings. The topological polar surface area (TPSA) is 76.3 Å². The van der Waals surface area contributed by atoms with Crippen LogP contribution in [0.3, 0.4) is 0 Å². The molecule has 0 atom stereocenters. The van der Waals surface area contributed by atoms with Gasteiger partial charge in [0.2, 0.25) is 0 Å². The van der Waals surface area contributed by atoms with E-state index in [0.717, 1.165) is 47.3 Å². The van der Waals surface area contributed by atoms with Crippen molar-refractivity contribution in [2.75, 3.05) is 5.75 Å². The summed E-state index contributed by atoms with van der Waals surface area (Å²) in [5.41, 5.74) is 6.70. The summed E-state index contributed by atoms with van der Waals surface area (Å²) in [6, 6.07) is 12.9. The van der Waals surface area contributed by atoms with Crippen molar-refractivity contribution in [3.8, 4) is 5.69 Å². The highest BCUT2D eigenvalue weighted by Crippen LogP contribution is 2.35. The first-order valence-electron chi connectivity index (χ1n) is 11.9. The van der Waals surface area contributed by atoms with E-state index in [1.54, 1.807) is 41.0 Å². The standard InChI is InChI=1S/C27H24Cl2N4O2S2/c1-15-7-10-18(11-8-15)33-26(35)24-20-5-3-4-6-22(20)37-25(24)30-27(33)36-14-23(34)32-31-16(2)19-12-9-17(28)13-21(19)29/h7-13H,3-6,14H2,1-2H3,(H,32,34). The van der Waals surface area contributed by atoms with Crippen LogP contribution in [0.25, 0.3) is 15.9 Å². The van der Waals surface area contributed by atoms with Crippen molar-refractivity contribution >= 4 is 68.1 Å². The molecule has 190 valence electrons. The van der Waals surface area contributed by atoms with Crippen LogP contribution < -0.4 is 11.0 Å². The van der Waals surface area contributed by atoms with Gasteiger partial charge >= 0.3 is 0 Å². The van der Waals surface area contributed by atoms with Gasteiger partial charge in [-0.05, 0) is 69.4 Å². The van der Waals surface area contributed by atoms with E-state index in [4.69, 9.17) is 28.2 Å². The van der Waals surface area contributed by atoms with Crippen LogP contribution in [0.1, 0.15) is 41.3 Å². The Hall–Kier alpha value is -2.65. The minimum Gasteiger partial charge on any atom is -0.272 e. The molecule has 0 bridgehead atoms. The number of rotatable bonds is 6. The van der Waals surface area contributed by atoms with Gasteiger partial charge in [-0.3, -0.25) is 14.2 Å². The number of hydrogen-bond donors (Lipinski definition) is 1. The van der Waals surface area contributed by atoms with Crippen LogP contribution in [0, 0.1) is 6.92 Å². The number of fused-ring (bicyclic) bond motifs is 3. The van der Waals surface area contributed by atoms with Crippen molar-refractivity contribution in [3.63, 3.8) is 0 Å². The van der Waals surface area contributed by atoms with Crippen molar-refractivity contribution in [1.29, 1.82) is 0 Å². The van der Waals surface area contributed by atoms with Crippen LogP contribution in [0.2, 0.25) is 10.0 Å². The van der Waals surface area contributed by atoms with Gasteiger partial charge in [0.05, 0.1) is 27.6 Å². The summed E-state index contributed by atoms with van der Waals surface area (Å²) in [5.74, 6) is -0.273. The predicted molar refractivity (Wildman–Crippen MR) is 154 cm³/mol. The highest BCUT2D eigenvalue weighted by molar-refractivity contribution is 7.99. The fourth-order valence-electron chi connectivity index (χ4n) is 4.36. The molecule has 0 unspecified atom stereocenters. The number of thiophene rings is 1. The maximum Gasteiger partial charge on any atom is 0.267 e. The fourth-order valence-corrected chi connectivity index (χ4v) is 7.01. The summed E-state index contributed by atoms with van der Waals surface area (Å²) in [5, 5.41) is 6.37. The Labute approximate surface area is 232 Å². The van der Waals surface area contributed by atoms with Crippen molar-refractivity contribution in [3.05, 3.63) is 84.4 Å². The molecule has 1 amide bonds. The number of thioether (sulfide) groups is 1. The largest absolute Gasteiger partial charge is 0.272 e. The molecule has 0 spiro atoms. The monoisotopic (exact) mass is 570 g/mol. The summed E-state index contributed by atoms with van der Waals surface area (Å²) in [6.45, 7) is 3.76. The van der Waals surface area contributed by atoms with Crippen molar-refractivity contribution in [1.82, 2.24) is 15.0 Å². The number of nitrogens with one attached hydrogen (secondary N) is 1. The van der Waals surface area contributed by atoms with Crippen molar-refractivity contribution in [2.45, 2.75) is 44.7 Å². The summed E-state index contributed by atoms with van der Waals surface area (Å²) in [7, 11) is 0. The highest BCUT2D eigenvalue weighted by atomic mass is 35.5. The first kappa shape index (κ1) is 26.0. The highest BCUT2D eigenvalue weighted by Gasteiger charge is 2.23. The Kier molecular flexibility index (Phi) is 7.72. The first-order chi connectivity index (χ1) is 17.8. The number of aryl methyl sites for hydroxylation is 3. The fraction of sp³-hybridized carbons (Fsp3) is 0.259. The number of amides is 1. The minimum atomic E-state index is -0.315. The zero-order valence-electron chi connectivity index (χ0n) is 20.3. The summed E-state index contributed by atoms with van der Waals surface area (Å²) in [4.78, 5) is 33.4. The Balaban J connectivity index is 1.43. The molecule has 0 radical (unpaired) electrons. The molecule has 6 nitrogen and oxygen atoms in total. The molecule has 5 rings (SSSR count). The first-order valence-corrected chi connectivity index (χ1v) is 14.4. The second-order valence-corrected chi connectivity index (χ2v) is 11.8. The second kappa shape index (κ2) is 11.0. The van der Waals surface area contributed by atoms with Gasteiger partial charge < -0.3 is 0 Å². The van der Waals surface area contributed by atoms with Crippen LogP contribution in [0.15, 0.2) is 57.5 Å². The van der Waals surface area contributed by atoms with E-state index in [9.17, 15) is 9.59 Å². The van der Waals surface area contributed by atoms with E-state index in [0.29, 0.717) is 31.9 Å². The van der Waals surface area contributed by atoms with Gasteiger partial charge in [-0.2, -0.15) is 5.10 Å². The van der Waals surface area contributed by atoms with Gasteiger partial charge in [0.1, 0.15) is 4.83 Å². The SMILES string of the molecule is CC(=NNC(=O)CSc1nc2sc3c(c2c(=O)n1-c1ccc(C)cc1)CCCC3)c1ccc(Cl)cc1Cl. The molecule has 10 heteroatoms. The molecule has 1 N–H and O–H groups in total. The zero-order valence-corrected chi connectivity index (χ0v) is 23.5. The lowest BCUT2D eigenvalue weighted by atomic mass is 9.97. The lowest BCUT2D eigenvalue weighted by molar-refractivity contribution is -0.118. The lowest BCUT2D eigenvalue weighted by Crippen LogP contribution is -2.24. The zero-order chi connectivity index (χ0) is 26.1. The van der Waals surface area contributed by atoms with E-state index < -0.39 is 0 Å². The number of halogens is 2.